The second-order valence-corrected chi connectivity index (χ2v) is 17.8. The summed E-state index contributed by atoms with van der Waals surface area (Å²) in [4.78, 5) is 58.2. The second-order valence-electron chi connectivity index (χ2n) is 16.1. The molecule has 5 heterocycles. The fourth-order valence-electron chi connectivity index (χ4n) is 8.53. The first-order valence-electron chi connectivity index (χ1n) is 21.0. The highest BCUT2D eigenvalue weighted by Crippen LogP contribution is 2.34. The Labute approximate surface area is 354 Å². The molecule has 3 aliphatic rings. The fourth-order valence-corrected chi connectivity index (χ4v) is 9.08. The summed E-state index contributed by atoms with van der Waals surface area (Å²) in [6.45, 7) is 2.50. The number of fused-ring (bicyclic) bond motifs is 2. The Morgan fingerprint density at radius 1 is 0.820 bits per heavy atom. The summed E-state index contributed by atoms with van der Waals surface area (Å²) in [6.07, 6.45) is 13.2. The number of aromatic nitrogens is 3. The highest BCUT2D eigenvalue weighted by molar-refractivity contribution is 7.92. The largest absolute Gasteiger partial charge is 0.493 e. The maximum atomic E-state index is 13.3. The lowest BCUT2D eigenvalue weighted by Crippen LogP contribution is -2.54. The van der Waals surface area contributed by atoms with Gasteiger partial charge in [0.25, 0.3) is 11.8 Å². The molecule has 1 atom stereocenters. The van der Waals surface area contributed by atoms with Crippen LogP contribution in [-0.4, -0.2) is 83.5 Å². The SMILES string of the molecule is CS(=O)(=O)Nc1cccc(-c2ccc3cnc(Nc4ccc(N5CCC(CCCCCCCCOc6cccc7c6C(=O)N(C6CCC(=O)NC6=O)C7=O)CC5)cc4)nn23)c1. The van der Waals surface area contributed by atoms with Gasteiger partial charge < -0.3 is 15.0 Å². The van der Waals surface area contributed by atoms with Crippen molar-refractivity contribution in [3.8, 4) is 17.0 Å². The van der Waals surface area contributed by atoms with Crippen LogP contribution in [0.5, 0.6) is 5.75 Å². The third kappa shape index (κ3) is 9.70. The molecule has 0 radical (unpaired) electrons. The second kappa shape index (κ2) is 18.1. The van der Waals surface area contributed by atoms with Crippen LogP contribution in [0.1, 0.15) is 91.3 Å². The van der Waals surface area contributed by atoms with Gasteiger partial charge in [0.15, 0.2) is 0 Å². The molecular weight excluding hydrogens is 797 g/mol. The van der Waals surface area contributed by atoms with E-state index in [0.717, 1.165) is 78.3 Å². The van der Waals surface area contributed by atoms with Crippen molar-refractivity contribution < 1.29 is 32.3 Å². The van der Waals surface area contributed by atoms with Gasteiger partial charge in [0, 0.05) is 42.1 Å². The Kier molecular flexibility index (Phi) is 12.3. The standard InChI is InChI=1S/C45H50N8O7S/c1-61(58,59)50-33-12-8-11-31(28-33)37-20-19-35-29-46-45(49-53(35)37)47-32-15-17-34(18-16-32)51-25-23-30(24-26-51)10-6-4-2-3-5-7-27-60-39-14-9-13-36-41(39)44(57)52(43(36)56)38-21-22-40(54)48-42(38)55/h8-9,11-20,28-30,38,50H,2-7,10,21-27H2,1H3,(H,47,49)(H,48,54,55). The van der Waals surface area contributed by atoms with E-state index in [-0.39, 0.29) is 24.0 Å². The van der Waals surface area contributed by atoms with Gasteiger partial charge in [0.1, 0.15) is 11.8 Å². The zero-order valence-corrected chi connectivity index (χ0v) is 35.0. The van der Waals surface area contributed by atoms with Gasteiger partial charge in [0.2, 0.25) is 27.8 Å². The average molecular weight is 847 g/mol. The van der Waals surface area contributed by atoms with E-state index in [9.17, 15) is 27.6 Å². The minimum absolute atomic E-state index is 0.0782. The number of ether oxygens (including phenoxy) is 1. The van der Waals surface area contributed by atoms with Crippen molar-refractivity contribution >= 4 is 62.2 Å². The quantitative estimate of drug-likeness (QED) is 0.0651. The molecular formula is C45H50N8O7S. The van der Waals surface area contributed by atoms with Crippen LogP contribution in [0.4, 0.5) is 23.0 Å². The molecule has 3 aliphatic heterocycles. The molecule has 3 N–H and O–H groups in total. The van der Waals surface area contributed by atoms with Gasteiger partial charge in [-0.1, -0.05) is 56.7 Å². The van der Waals surface area contributed by atoms with Crippen LogP contribution in [0.2, 0.25) is 0 Å². The first-order chi connectivity index (χ1) is 29.5. The van der Waals surface area contributed by atoms with E-state index >= 15 is 0 Å². The van der Waals surface area contributed by atoms with Crippen LogP contribution in [0.3, 0.4) is 0 Å². The highest BCUT2D eigenvalue weighted by atomic mass is 32.2. The van der Waals surface area contributed by atoms with E-state index in [1.807, 2.05) is 30.3 Å². The first-order valence-corrected chi connectivity index (χ1v) is 22.9. The molecule has 2 aromatic heterocycles. The maximum absolute atomic E-state index is 13.3. The molecule has 0 bridgehead atoms. The van der Waals surface area contributed by atoms with Crippen molar-refractivity contribution in [3.05, 3.63) is 96.2 Å². The summed E-state index contributed by atoms with van der Waals surface area (Å²) >= 11 is 0. The number of hydrogen-bond acceptors (Lipinski definition) is 11. The number of carbonyl (C=O) groups excluding carboxylic acids is 4. The van der Waals surface area contributed by atoms with Gasteiger partial charge in [-0.25, -0.2) is 17.9 Å². The lowest BCUT2D eigenvalue weighted by molar-refractivity contribution is -0.136. The Hall–Kier alpha value is -6.29. The Morgan fingerprint density at radius 3 is 2.34 bits per heavy atom. The maximum Gasteiger partial charge on any atom is 0.266 e. The zero-order valence-electron chi connectivity index (χ0n) is 34.1. The number of hydrogen-bond donors (Lipinski definition) is 3. The van der Waals surface area contributed by atoms with Crippen LogP contribution in [-0.2, 0) is 19.6 Å². The Balaban J connectivity index is 0.723. The molecule has 0 saturated carbocycles. The predicted octanol–water partition coefficient (Wildman–Crippen LogP) is 6.94. The van der Waals surface area contributed by atoms with E-state index in [4.69, 9.17) is 9.84 Å². The topological polar surface area (TPSA) is 184 Å². The summed E-state index contributed by atoms with van der Waals surface area (Å²) in [5.41, 5.74) is 5.43. The average Bonchev–Trinajstić information content (AvgIpc) is 3.78. The Morgan fingerprint density at radius 2 is 1.57 bits per heavy atom. The number of unbranched alkanes of at least 4 members (excludes halogenated alkanes) is 5. The van der Waals surface area contributed by atoms with Gasteiger partial charge in [-0.2, -0.15) is 0 Å². The third-order valence-corrected chi connectivity index (χ3v) is 12.3. The molecule has 2 saturated heterocycles. The molecule has 1 unspecified atom stereocenters. The van der Waals surface area contributed by atoms with Crippen molar-refractivity contribution in [2.45, 2.75) is 76.7 Å². The molecule has 0 aliphatic carbocycles. The fraction of sp³-hybridized carbons (Fsp3) is 0.378. The van der Waals surface area contributed by atoms with Crippen LogP contribution >= 0.6 is 0 Å². The van der Waals surface area contributed by atoms with Crippen LogP contribution in [0.25, 0.3) is 16.8 Å². The van der Waals surface area contributed by atoms with Crippen molar-refractivity contribution in [3.63, 3.8) is 0 Å². The molecule has 61 heavy (non-hydrogen) atoms. The minimum Gasteiger partial charge on any atom is -0.493 e. The number of nitrogens with zero attached hydrogens (tertiary/aromatic N) is 5. The van der Waals surface area contributed by atoms with Gasteiger partial charge in [-0.15, -0.1) is 5.10 Å². The van der Waals surface area contributed by atoms with Crippen molar-refractivity contribution in [2.24, 2.45) is 5.92 Å². The Bertz CT molecular complexity index is 2550. The van der Waals surface area contributed by atoms with Crippen molar-refractivity contribution in [1.82, 2.24) is 24.8 Å². The summed E-state index contributed by atoms with van der Waals surface area (Å²) in [5.74, 6) is -0.574. The molecule has 3 aromatic carbocycles. The molecule has 0 spiro atoms. The van der Waals surface area contributed by atoms with Gasteiger partial charge >= 0.3 is 0 Å². The number of benzene rings is 3. The van der Waals surface area contributed by atoms with E-state index < -0.39 is 39.7 Å². The molecule has 15 nitrogen and oxygen atoms in total. The molecule has 5 aromatic rings. The highest BCUT2D eigenvalue weighted by Gasteiger charge is 2.46. The number of carbonyl (C=O) groups is 4. The van der Waals surface area contributed by atoms with Crippen LogP contribution in [0, 0.1) is 5.92 Å². The lowest BCUT2D eigenvalue weighted by Gasteiger charge is -2.33. The van der Waals surface area contributed by atoms with E-state index in [2.05, 4.69) is 37.4 Å². The number of amides is 4. The van der Waals surface area contributed by atoms with Crippen molar-refractivity contribution in [2.75, 3.05) is 40.9 Å². The van der Waals surface area contributed by atoms with Crippen LogP contribution in [0.15, 0.2) is 85.1 Å². The minimum atomic E-state index is -3.40. The van der Waals surface area contributed by atoms with Gasteiger partial charge in [-0.3, -0.25) is 34.1 Å². The lowest BCUT2D eigenvalue weighted by atomic mass is 9.91. The summed E-state index contributed by atoms with van der Waals surface area (Å²) in [5, 5.41) is 10.3. The van der Waals surface area contributed by atoms with E-state index in [1.165, 1.54) is 37.8 Å². The zero-order chi connectivity index (χ0) is 42.5. The van der Waals surface area contributed by atoms with Crippen LogP contribution < -0.4 is 25.0 Å². The number of anilines is 4. The van der Waals surface area contributed by atoms with E-state index in [0.29, 0.717) is 24.0 Å². The molecule has 2 fully saturated rings. The monoisotopic (exact) mass is 846 g/mol. The normalized spacial score (nSPS) is 17.2. The summed E-state index contributed by atoms with van der Waals surface area (Å²) in [6, 6.07) is 23.4. The number of rotatable bonds is 17. The van der Waals surface area contributed by atoms with E-state index in [1.54, 1.807) is 47.1 Å². The van der Waals surface area contributed by atoms with Crippen molar-refractivity contribution in [1.29, 1.82) is 0 Å². The third-order valence-electron chi connectivity index (χ3n) is 11.7. The molecule has 318 valence electrons. The first kappa shape index (κ1) is 41.4. The number of sulfonamides is 1. The number of piperidine rings is 2. The molecule has 4 amide bonds. The summed E-state index contributed by atoms with van der Waals surface area (Å²) in [7, 11) is -3.40. The molecule has 8 rings (SSSR count). The summed E-state index contributed by atoms with van der Waals surface area (Å²) < 4.78 is 33.8. The predicted molar refractivity (Wildman–Crippen MR) is 232 cm³/mol. The number of nitrogens with one attached hydrogen (secondary N) is 3. The molecule has 16 heteroatoms. The van der Waals surface area contributed by atoms with Gasteiger partial charge in [0.05, 0.1) is 41.4 Å². The smallest absolute Gasteiger partial charge is 0.266 e. The van der Waals surface area contributed by atoms with Gasteiger partial charge in [-0.05, 0) is 92.3 Å². The number of imide groups is 2.